The summed E-state index contributed by atoms with van der Waals surface area (Å²) in [6.45, 7) is 3.52. The molecule has 186 valence electrons. The average Bonchev–Trinajstić information content (AvgIpc) is 3.35. The highest BCUT2D eigenvalue weighted by Crippen LogP contribution is 2.41. The number of alkyl halides is 2. The van der Waals surface area contributed by atoms with Gasteiger partial charge in [0, 0.05) is 43.9 Å². The van der Waals surface area contributed by atoms with Crippen molar-refractivity contribution in [2.75, 3.05) is 37.4 Å². The van der Waals surface area contributed by atoms with Gasteiger partial charge in [-0.2, -0.15) is 8.78 Å². The minimum absolute atomic E-state index is 0.0533. The fraction of sp³-hybridized carbons (Fsp3) is 0.478. The molecular weight excluding hydrogens is 476 g/mol. The summed E-state index contributed by atoms with van der Waals surface area (Å²) >= 11 is 1.07. The molecule has 3 unspecified atom stereocenters. The molecule has 9 nitrogen and oxygen atoms in total. The number of halogens is 2. The zero-order valence-corrected chi connectivity index (χ0v) is 20.2. The van der Waals surface area contributed by atoms with Crippen LogP contribution in [0.4, 0.5) is 20.3 Å². The number of pyridine rings is 1. The van der Waals surface area contributed by atoms with Crippen LogP contribution in [0.15, 0.2) is 18.3 Å². The number of carbonyl (C=O) groups is 1. The highest BCUT2D eigenvalue weighted by atomic mass is 32.1. The van der Waals surface area contributed by atoms with Gasteiger partial charge in [0.05, 0.1) is 29.4 Å². The van der Waals surface area contributed by atoms with Crippen molar-refractivity contribution < 1.29 is 18.3 Å². The lowest BCUT2D eigenvalue weighted by Crippen LogP contribution is -2.49. The second-order valence-corrected chi connectivity index (χ2v) is 10.1. The van der Waals surface area contributed by atoms with Crippen molar-refractivity contribution >= 4 is 39.0 Å². The van der Waals surface area contributed by atoms with Crippen LogP contribution in [-0.2, 0) is 17.1 Å². The summed E-state index contributed by atoms with van der Waals surface area (Å²) in [5, 5.41) is 3.04. The number of nitrogens with two attached hydrogens (primary N) is 2. The van der Waals surface area contributed by atoms with Crippen molar-refractivity contribution in [2.24, 2.45) is 11.7 Å². The van der Waals surface area contributed by atoms with E-state index >= 15 is 8.78 Å². The Kier molecular flexibility index (Phi) is 6.06. The highest BCUT2D eigenvalue weighted by molar-refractivity contribution is 7.21. The molecular formula is C23H27F2N7O2S. The Hall–Kier alpha value is -2.96. The maximum absolute atomic E-state index is 15.5. The maximum Gasteiger partial charge on any atom is 0.294 e. The summed E-state index contributed by atoms with van der Waals surface area (Å²) in [6.07, 6.45) is 1.91. The van der Waals surface area contributed by atoms with E-state index in [0.717, 1.165) is 11.3 Å². The van der Waals surface area contributed by atoms with Crippen molar-refractivity contribution in [1.29, 1.82) is 0 Å². The van der Waals surface area contributed by atoms with E-state index < -0.39 is 17.9 Å². The van der Waals surface area contributed by atoms with Gasteiger partial charge in [-0.1, -0.05) is 0 Å². The summed E-state index contributed by atoms with van der Waals surface area (Å²) in [7, 11) is 1.63. The topological polar surface area (TPSA) is 132 Å². The third-order valence-electron chi connectivity index (χ3n) is 6.74. The van der Waals surface area contributed by atoms with Gasteiger partial charge in [0.25, 0.3) is 11.8 Å². The zero-order chi connectivity index (χ0) is 24.9. The number of anilines is 2. The fourth-order valence-electron chi connectivity index (χ4n) is 4.83. The van der Waals surface area contributed by atoms with Crippen molar-refractivity contribution in [2.45, 2.75) is 37.8 Å². The second kappa shape index (κ2) is 8.92. The summed E-state index contributed by atoms with van der Waals surface area (Å²) in [5.41, 5.74) is 12.7. The molecule has 0 saturated carbocycles. The number of carbonyl (C=O) groups excluding carboxylic acids is 1. The Morgan fingerprint density at radius 2 is 2.14 bits per heavy atom. The molecule has 1 amide bonds. The number of nitrogens with one attached hydrogen (secondary N) is 1. The summed E-state index contributed by atoms with van der Waals surface area (Å²) in [6, 6.07) is 1.57. The van der Waals surface area contributed by atoms with E-state index in [1.54, 1.807) is 26.3 Å². The summed E-state index contributed by atoms with van der Waals surface area (Å²) in [5.74, 6) is -2.59. The number of nitrogen functional groups attached to an aromatic ring is 1. The molecule has 3 atom stereocenters. The number of thiophene rings is 1. The van der Waals surface area contributed by atoms with Crippen LogP contribution < -0.4 is 21.7 Å². The fourth-order valence-corrected chi connectivity index (χ4v) is 5.84. The molecule has 0 bridgehead atoms. The van der Waals surface area contributed by atoms with Crippen LogP contribution in [0.5, 0.6) is 0 Å². The Labute approximate surface area is 204 Å². The molecule has 12 heteroatoms. The van der Waals surface area contributed by atoms with Crippen LogP contribution in [0.1, 0.15) is 33.2 Å². The molecule has 2 aliphatic rings. The van der Waals surface area contributed by atoms with E-state index in [4.69, 9.17) is 16.2 Å². The van der Waals surface area contributed by atoms with Gasteiger partial charge in [0.15, 0.2) is 0 Å². The van der Waals surface area contributed by atoms with Crippen molar-refractivity contribution in [1.82, 2.24) is 20.3 Å². The van der Waals surface area contributed by atoms with E-state index in [-0.39, 0.29) is 34.5 Å². The SMILES string of the molecule is COCC1CN(c2ccc3c(n2)CCC(NC(=O)c2sc4nc(C)ncc4c2N)C3(F)F)CC1N. The lowest BCUT2D eigenvalue weighted by Gasteiger charge is -2.33. The minimum Gasteiger partial charge on any atom is -0.397 e. The van der Waals surface area contributed by atoms with Crippen molar-refractivity contribution in [3.05, 3.63) is 40.3 Å². The molecule has 5 N–H and O–H groups in total. The number of nitrogens with zero attached hydrogens (tertiary/aromatic N) is 4. The van der Waals surface area contributed by atoms with Crippen LogP contribution in [0.25, 0.3) is 10.2 Å². The number of methoxy groups -OCH3 is 1. The predicted molar refractivity (Wildman–Crippen MR) is 130 cm³/mol. The molecule has 0 aromatic carbocycles. The first-order valence-electron chi connectivity index (χ1n) is 11.4. The number of ether oxygens (including phenoxy) is 1. The number of rotatable bonds is 5. The van der Waals surface area contributed by atoms with Gasteiger partial charge >= 0.3 is 0 Å². The second-order valence-electron chi connectivity index (χ2n) is 9.12. The van der Waals surface area contributed by atoms with Gasteiger partial charge < -0.3 is 26.4 Å². The molecule has 5 rings (SSSR count). The number of aromatic nitrogens is 3. The monoisotopic (exact) mass is 503 g/mol. The van der Waals surface area contributed by atoms with Crippen LogP contribution in [0.2, 0.25) is 0 Å². The van der Waals surface area contributed by atoms with Crippen LogP contribution in [0.3, 0.4) is 0 Å². The van der Waals surface area contributed by atoms with E-state index in [1.165, 1.54) is 6.07 Å². The molecule has 3 aromatic heterocycles. The van der Waals surface area contributed by atoms with Crippen LogP contribution in [-0.4, -0.2) is 59.7 Å². The van der Waals surface area contributed by atoms with Crippen molar-refractivity contribution in [3.63, 3.8) is 0 Å². The minimum atomic E-state index is -3.28. The first kappa shape index (κ1) is 23.8. The lowest BCUT2D eigenvalue weighted by molar-refractivity contribution is -0.0509. The highest BCUT2D eigenvalue weighted by Gasteiger charge is 2.47. The molecule has 0 spiro atoms. The zero-order valence-electron chi connectivity index (χ0n) is 19.4. The smallest absolute Gasteiger partial charge is 0.294 e. The normalized spacial score (nSPS) is 23.5. The average molecular weight is 504 g/mol. The Morgan fingerprint density at radius 1 is 1.34 bits per heavy atom. The third kappa shape index (κ3) is 4.19. The molecule has 1 aliphatic carbocycles. The van der Waals surface area contributed by atoms with E-state index in [2.05, 4.69) is 20.3 Å². The van der Waals surface area contributed by atoms with E-state index in [0.29, 0.717) is 53.7 Å². The van der Waals surface area contributed by atoms with Gasteiger partial charge in [-0.25, -0.2) is 15.0 Å². The Bertz CT molecular complexity index is 1280. The van der Waals surface area contributed by atoms with Crippen LogP contribution in [0, 0.1) is 12.8 Å². The van der Waals surface area contributed by atoms with E-state index in [9.17, 15) is 4.79 Å². The van der Waals surface area contributed by atoms with Gasteiger partial charge in [-0.15, -0.1) is 11.3 Å². The molecule has 4 heterocycles. The molecule has 35 heavy (non-hydrogen) atoms. The number of amides is 1. The summed E-state index contributed by atoms with van der Waals surface area (Å²) < 4.78 is 36.2. The molecule has 1 saturated heterocycles. The predicted octanol–water partition coefficient (Wildman–Crippen LogP) is 2.22. The number of aryl methyl sites for hydroxylation is 2. The Balaban J connectivity index is 1.35. The first-order valence-corrected chi connectivity index (χ1v) is 12.2. The van der Waals surface area contributed by atoms with Crippen molar-refractivity contribution in [3.8, 4) is 0 Å². The number of fused-ring (bicyclic) bond motifs is 2. The largest absolute Gasteiger partial charge is 0.397 e. The quantitative estimate of drug-likeness (QED) is 0.483. The first-order chi connectivity index (χ1) is 16.7. The molecule has 0 radical (unpaired) electrons. The van der Waals surface area contributed by atoms with Crippen LogP contribution >= 0.6 is 11.3 Å². The van der Waals surface area contributed by atoms with E-state index in [1.807, 2.05) is 4.90 Å². The standard InChI is InChI=1S/C23H27F2N7O2S/c1-11-28-7-13-19(27)20(35-22(13)29-11)21(33)31-17-5-4-16-14(23(17,24)25)3-6-18(30-16)32-8-12(10-34-2)15(26)9-32/h3,6-7,12,15,17H,4-5,8-10,26-27H2,1-2H3,(H,31,33). The Morgan fingerprint density at radius 3 is 2.91 bits per heavy atom. The summed E-state index contributed by atoms with van der Waals surface area (Å²) in [4.78, 5) is 28.6. The van der Waals surface area contributed by atoms with Gasteiger partial charge in [0.2, 0.25) is 0 Å². The van der Waals surface area contributed by atoms with Gasteiger partial charge in [-0.3, -0.25) is 4.79 Å². The lowest BCUT2D eigenvalue weighted by atomic mass is 9.88. The molecule has 1 fully saturated rings. The number of hydrogen-bond acceptors (Lipinski definition) is 9. The van der Waals surface area contributed by atoms with Gasteiger partial charge in [0.1, 0.15) is 21.3 Å². The third-order valence-corrected chi connectivity index (χ3v) is 7.86. The maximum atomic E-state index is 15.5. The molecule has 1 aliphatic heterocycles. The number of hydrogen-bond donors (Lipinski definition) is 3. The van der Waals surface area contributed by atoms with Gasteiger partial charge in [-0.05, 0) is 31.9 Å². The molecule has 3 aromatic rings.